The standard InChI is InChI=1S/C8H8BrN5O/c1-13-6(9)4-7(12-13)11-8(15)14-3-2-10-5-14/h2-5H,1H3,(H,11,12,15). The van der Waals surface area contributed by atoms with Gasteiger partial charge in [0.05, 0.1) is 0 Å². The van der Waals surface area contributed by atoms with Gasteiger partial charge in [0, 0.05) is 25.5 Å². The molecule has 0 bridgehead atoms. The molecule has 0 fully saturated rings. The van der Waals surface area contributed by atoms with Crippen molar-refractivity contribution < 1.29 is 4.79 Å². The Labute approximate surface area is 94.0 Å². The van der Waals surface area contributed by atoms with Crippen LogP contribution in [0.1, 0.15) is 0 Å². The van der Waals surface area contributed by atoms with Gasteiger partial charge in [0.25, 0.3) is 0 Å². The number of halogens is 1. The second kappa shape index (κ2) is 3.85. The summed E-state index contributed by atoms with van der Waals surface area (Å²) in [5.41, 5.74) is 0. The summed E-state index contributed by atoms with van der Waals surface area (Å²) in [5.74, 6) is 0.489. The van der Waals surface area contributed by atoms with E-state index in [2.05, 4.69) is 31.3 Å². The summed E-state index contributed by atoms with van der Waals surface area (Å²) in [6.45, 7) is 0. The molecular weight excluding hydrogens is 262 g/mol. The molecule has 78 valence electrons. The third-order valence-corrected chi connectivity index (χ3v) is 2.54. The van der Waals surface area contributed by atoms with Crippen LogP contribution >= 0.6 is 15.9 Å². The monoisotopic (exact) mass is 269 g/mol. The molecule has 15 heavy (non-hydrogen) atoms. The second-order valence-electron chi connectivity index (χ2n) is 2.88. The normalized spacial score (nSPS) is 10.3. The molecule has 2 aromatic rings. The first-order chi connectivity index (χ1) is 7.16. The van der Waals surface area contributed by atoms with E-state index >= 15 is 0 Å². The molecule has 0 aromatic carbocycles. The maximum atomic E-state index is 11.5. The third-order valence-electron chi connectivity index (χ3n) is 1.80. The highest BCUT2D eigenvalue weighted by Crippen LogP contribution is 2.14. The van der Waals surface area contributed by atoms with E-state index in [-0.39, 0.29) is 6.03 Å². The summed E-state index contributed by atoms with van der Waals surface area (Å²) in [7, 11) is 1.77. The van der Waals surface area contributed by atoms with E-state index in [9.17, 15) is 4.79 Å². The number of hydrogen-bond acceptors (Lipinski definition) is 3. The lowest BCUT2D eigenvalue weighted by molar-refractivity contribution is 0.253. The van der Waals surface area contributed by atoms with Gasteiger partial charge in [-0.25, -0.2) is 9.78 Å². The van der Waals surface area contributed by atoms with Crippen LogP contribution in [0.4, 0.5) is 10.6 Å². The van der Waals surface area contributed by atoms with Crippen LogP contribution in [0.15, 0.2) is 29.4 Å². The van der Waals surface area contributed by atoms with Crippen LogP contribution in [0.5, 0.6) is 0 Å². The van der Waals surface area contributed by atoms with Crippen molar-refractivity contribution in [2.24, 2.45) is 7.05 Å². The number of amides is 1. The smallest absolute Gasteiger partial charge is 0.290 e. The van der Waals surface area contributed by atoms with Gasteiger partial charge in [0.15, 0.2) is 5.82 Å². The molecular formula is C8H8BrN5O. The van der Waals surface area contributed by atoms with E-state index in [1.165, 1.54) is 17.1 Å². The van der Waals surface area contributed by atoms with Gasteiger partial charge >= 0.3 is 6.03 Å². The molecule has 2 heterocycles. The molecule has 0 atom stereocenters. The van der Waals surface area contributed by atoms with Crippen molar-refractivity contribution in [1.82, 2.24) is 19.3 Å². The van der Waals surface area contributed by atoms with Crippen LogP contribution in [0, 0.1) is 0 Å². The van der Waals surface area contributed by atoms with Gasteiger partial charge in [0.2, 0.25) is 0 Å². The Hall–Kier alpha value is -1.63. The largest absolute Gasteiger partial charge is 0.332 e. The number of carbonyl (C=O) groups excluding carboxylic acids is 1. The van der Waals surface area contributed by atoms with Crippen LogP contribution in [-0.4, -0.2) is 25.4 Å². The quantitative estimate of drug-likeness (QED) is 0.853. The Balaban J connectivity index is 2.13. The fraction of sp³-hybridized carbons (Fsp3) is 0.125. The lowest BCUT2D eigenvalue weighted by Crippen LogP contribution is -2.18. The van der Waals surface area contributed by atoms with Gasteiger partial charge in [-0.05, 0) is 15.9 Å². The van der Waals surface area contributed by atoms with Gasteiger partial charge in [-0.3, -0.25) is 14.6 Å². The molecule has 0 spiro atoms. The molecule has 0 radical (unpaired) electrons. The number of hydrogen-bond donors (Lipinski definition) is 1. The highest BCUT2D eigenvalue weighted by Gasteiger charge is 2.07. The van der Waals surface area contributed by atoms with Crippen molar-refractivity contribution in [3.05, 3.63) is 29.4 Å². The highest BCUT2D eigenvalue weighted by molar-refractivity contribution is 9.10. The summed E-state index contributed by atoms with van der Waals surface area (Å²) in [6.07, 6.45) is 4.52. The summed E-state index contributed by atoms with van der Waals surface area (Å²) in [5, 5.41) is 6.69. The summed E-state index contributed by atoms with van der Waals surface area (Å²) in [4.78, 5) is 15.3. The van der Waals surface area contributed by atoms with E-state index in [1.54, 1.807) is 24.0 Å². The van der Waals surface area contributed by atoms with Gasteiger partial charge in [-0.1, -0.05) is 0 Å². The van der Waals surface area contributed by atoms with Crippen molar-refractivity contribution in [3.8, 4) is 0 Å². The van der Waals surface area contributed by atoms with Crippen molar-refractivity contribution in [1.29, 1.82) is 0 Å². The number of anilines is 1. The number of rotatable bonds is 1. The van der Waals surface area contributed by atoms with Crippen molar-refractivity contribution in [2.75, 3.05) is 5.32 Å². The minimum Gasteiger partial charge on any atom is -0.290 e. The molecule has 0 aliphatic rings. The maximum Gasteiger partial charge on any atom is 0.332 e. The van der Waals surface area contributed by atoms with Gasteiger partial charge in [-0.2, -0.15) is 5.10 Å². The minimum atomic E-state index is -0.293. The lowest BCUT2D eigenvalue weighted by atomic mass is 10.6. The number of aryl methyl sites for hydroxylation is 1. The van der Waals surface area contributed by atoms with Crippen LogP contribution in [-0.2, 0) is 7.05 Å². The van der Waals surface area contributed by atoms with E-state index in [1.807, 2.05) is 0 Å². The Morgan fingerprint density at radius 1 is 1.60 bits per heavy atom. The fourth-order valence-electron chi connectivity index (χ4n) is 1.06. The highest BCUT2D eigenvalue weighted by atomic mass is 79.9. The Morgan fingerprint density at radius 2 is 2.40 bits per heavy atom. The number of aromatic nitrogens is 4. The second-order valence-corrected chi connectivity index (χ2v) is 3.69. The number of carbonyl (C=O) groups is 1. The van der Waals surface area contributed by atoms with Gasteiger partial charge in [-0.15, -0.1) is 0 Å². The van der Waals surface area contributed by atoms with E-state index in [0.29, 0.717) is 5.82 Å². The molecule has 0 saturated carbocycles. The zero-order valence-corrected chi connectivity index (χ0v) is 9.47. The fourth-order valence-corrected chi connectivity index (χ4v) is 1.36. The minimum absolute atomic E-state index is 0.293. The Bertz CT molecular complexity index is 456. The van der Waals surface area contributed by atoms with Crippen molar-refractivity contribution in [2.45, 2.75) is 0 Å². The molecule has 0 unspecified atom stereocenters. The predicted molar refractivity (Wildman–Crippen MR) is 57.6 cm³/mol. The number of imidazole rings is 1. The number of nitrogens with zero attached hydrogens (tertiary/aromatic N) is 4. The molecule has 0 aliphatic carbocycles. The molecule has 7 heteroatoms. The van der Waals surface area contributed by atoms with Crippen molar-refractivity contribution >= 4 is 27.8 Å². The average molecular weight is 270 g/mol. The molecule has 0 saturated heterocycles. The van der Waals surface area contributed by atoms with E-state index < -0.39 is 0 Å². The third kappa shape index (κ3) is 2.07. The van der Waals surface area contributed by atoms with Crippen molar-refractivity contribution in [3.63, 3.8) is 0 Å². The van der Waals surface area contributed by atoms with E-state index in [4.69, 9.17) is 0 Å². The Kier molecular flexibility index (Phi) is 2.55. The van der Waals surface area contributed by atoms with Gasteiger partial charge < -0.3 is 0 Å². The summed E-state index contributed by atoms with van der Waals surface area (Å²) < 4.78 is 3.75. The first-order valence-electron chi connectivity index (χ1n) is 4.15. The molecule has 1 amide bonds. The average Bonchev–Trinajstić information content (AvgIpc) is 2.77. The summed E-state index contributed by atoms with van der Waals surface area (Å²) in [6, 6.07) is 1.42. The topological polar surface area (TPSA) is 64.7 Å². The number of nitrogens with one attached hydrogen (secondary N) is 1. The molecule has 2 aromatic heterocycles. The predicted octanol–water partition coefficient (Wildman–Crippen LogP) is 1.46. The van der Waals surface area contributed by atoms with Crippen LogP contribution in [0.3, 0.4) is 0 Å². The van der Waals surface area contributed by atoms with Gasteiger partial charge in [0.1, 0.15) is 10.9 Å². The van der Waals surface area contributed by atoms with Crippen LogP contribution in [0.25, 0.3) is 0 Å². The Morgan fingerprint density at radius 3 is 2.93 bits per heavy atom. The molecule has 6 nitrogen and oxygen atoms in total. The first-order valence-corrected chi connectivity index (χ1v) is 4.95. The van der Waals surface area contributed by atoms with Crippen LogP contribution < -0.4 is 5.32 Å². The SMILES string of the molecule is Cn1nc(NC(=O)n2ccnc2)cc1Br. The van der Waals surface area contributed by atoms with E-state index in [0.717, 1.165) is 4.60 Å². The zero-order valence-electron chi connectivity index (χ0n) is 7.88. The molecule has 0 aliphatic heterocycles. The van der Waals surface area contributed by atoms with Crippen LogP contribution in [0.2, 0.25) is 0 Å². The first kappa shape index (κ1) is 9.91. The lowest BCUT2D eigenvalue weighted by Gasteiger charge is -2.00. The molecule has 1 N–H and O–H groups in total. The molecule has 2 rings (SSSR count). The summed E-state index contributed by atoms with van der Waals surface area (Å²) >= 11 is 3.28. The zero-order chi connectivity index (χ0) is 10.8. The maximum absolute atomic E-state index is 11.5.